The first-order valence-electron chi connectivity index (χ1n) is 4.35. The smallest absolute Gasteiger partial charge is 0.415 e. The van der Waals surface area contributed by atoms with Gasteiger partial charge in [0.1, 0.15) is 0 Å². The van der Waals surface area contributed by atoms with Gasteiger partial charge in [-0.25, -0.2) is 14.5 Å². The van der Waals surface area contributed by atoms with Crippen LogP contribution in [0.4, 0.5) is 15.3 Å². The van der Waals surface area contributed by atoms with Crippen molar-refractivity contribution in [1.29, 1.82) is 0 Å². The van der Waals surface area contributed by atoms with Crippen LogP contribution < -0.4 is 5.32 Å². The Hall–Kier alpha value is -2.04. The lowest BCUT2D eigenvalue weighted by Crippen LogP contribution is -2.35. The average Bonchev–Trinajstić information content (AvgIpc) is 2.20. The van der Waals surface area contributed by atoms with E-state index >= 15 is 0 Å². The molecule has 0 aliphatic heterocycles. The molecule has 0 aliphatic carbocycles. The SMILES string of the molecule is Cc1ccc(NC(=O)N(C)C(=O)O)cc1. The van der Waals surface area contributed by atoms with E-state index in [1.807, 2.05) is 19.1 Å². The Morgan fingerprint density at radius 2 is 1.80 bits per heavy atom. The zero-order chi connectivity index (χ0) is 11.4. The molecule has 0 spiro atoms. The predicted molar refractivity (Wildman–Crippen MR) is 56.0 cm³/mol. The molecular weight excluding hydrogens is 196 g/mol. The highest BCUT2D eigenvalue weighted by Gasteiger charge is 2.14. The topological polar surface area (TPSA) is 69.6 Å². The van der Waals surface area contributed by atoms with Crippen molar-refractivity contribution in [2.24, 2.45) is 0 Å². The van der Waals surface area contributed by atoms with Crippen LogP contribution in [0, 0.1) is 6.92 Å². The van der Waals surface area contributed by atoms with Gasteiger partial charge in [0.25, 0.3) is 0 Å². The van der Waals surface area contributed by atoms with E-state index in [4.69, 9.17) is 5.11 Å². The zero-order valence-electron chi connectivity index (χ0n) is 8.52. The van der Waals surface area contributed by atoms with Crippen LogP contribution in [-0.4, -0.2) is 29.2 Å². The van der Waals surface area contributed by atoms with Crippen molar-refractivity contribution in [3.05, 3.63) is 29.8 Å². The summed E-state index contributed by atoms with van der Waals surface area (Å²) < 4.78 is 0. The first-order valence-corrected chi connectivity index (χ1v) is 4.35. The van der Waals surface area contributed by atoms with Crippen LogP contribution in [0.3, 0.4) is 0 Å². The molecule has 0 aliphatic rings. The van der Waals surface area contributed by atoms with Crippen LogP contribution in [0.2, 0.25) is 0 Å². The van der Waals surface area contributed by atoms with Gasteiger partial charge in [-0.2, -0.15) is 0 Å². The molecule has 5 nitrogen and oxygen atoms in total. The number of anilines is 1. The highest BCUT2D eigenvalue weighted by molar-refractivity contribution is 5.98. The Kier molecular flexibility index (Phi) is 3.28. The number of rotatable bonds is 1. The molecule has 1 aromatic carbocycles. The molecule has 1 rings (SSSR count). The number of benzene rings is 1. The van der Waals surface area contributed by atoms with Crippen molar-refractivity contribution in [3.63, 3.8) is 0 Å². The molecule has 0 radical (unpaired) electrons. The normalized spacial score (nSPS) is 9.47. The van der Waals surface area contributed by atoms with Crippen LogP contribution >= 0.6 is 0 Å². The fraction of sp³-hybridized carbons (Fsp3) is 0.200. The highest BCUT2D eigenvalue weighted by Crippen LogP contribution is 2.09. The fourth-order valence-corrected chi connectivity index (χ4v) is 0.931. The molecule has 0 unspecified atom stereocenters. The van der Waals surface area contributed by atoms with Gasteiger partial charge in [-0.15, -0.1) is 0 Å². The van der Waals surface area contributed by atoms with E-state index in [0.717, 1.165) is 5.56 Å². The maximum absolute atomic E-state index is 11.3. The molecule has 80 valence electrons. The van der Waals surface area contributed by atoms with E-state index in [0.29, 0.717) is 10.6 Å². The van der Waals surface area contributed by atoms with Crippen LogP contribution in [0.5, 0.6) is 0 Å². The number of aryl methyl sites for hydroxylation is 1. The summed E-state index contributed by atoms with van der Waals surface area (Å²) >= 11 is 0. The average molecular weight is 208 g/mol. The molecule has 0 atom stereocenters. The number of nitrogens with zero attached hydrogens (tertiary/aromatic N) is 1. The summed E-state index contributed by atoms with van der Waals surface area (Å²) in [5.74, 6) is 0. The van der Waals surface area contributed by atoms with Crippen molar-refractivity contribution < 1.29 is 14.7 Å². The Morgan fingerprint density at radius 3 is 2.27 bits per heavy atom. The van der Waals surface area contributed by atoms with Crippen LogP contribution in [-0.2, 0) is 0 Å². The molecule has 1 aromatic rings. The molecule has 0 saturated heterocycles. The fourth-order valence-electron chi connectivity index (χ4n) is 0.931. The van der Waals surface area contributed by atoms with Gasteiger partial charge in [0.2, 0.25) is 0 Å². The third-order valence-corrected chi connectivity index (χ3v) is 1.89. The van der Waals surface area contributed by atoms with Gasteiger partial charge in [-0.1, -0.05) is 17.7 Å². The molecule has 15 heavy (non-hydrogen) atoms. The Morgan fingerprint density at radius 1 is 1.27 bits per heavy atom. The van der Waals surface area contributed by atoms with Crippen molar-refractivity contribution in [3.8, 4) is 0 Å². The maximum Gasteiger partial charge on any atom is 0.415 e. The summed E-state index contributed by atoms with van der Waals surface area (Å²) in [6.45, 7) is 1.93. The van der Waals surface area contributed by atoms with E-state index in [2.05, 4.69) is 5.32 Å². The molecule has 0 bridgehead atoms. The molecule has 0 aromatic heterocycles. The number of amides is 3. The summed E-state index contributed by atoms with van der Waals surface area (Å²) in [6.07, 6.45) is -1.29. The Labute approximate surface area is 87.3 Å². The standard InChI is InChI=1S/C10H12N2O3/c1-7-3-5-8(6-4-7)11-9(13)12(2)10(14)15/h3-6H,1-2H3,(H,11,13)(H,14,15). The first-order chi connectivity index (χ1) is 7.00. The summed E-state index contributed by atoms with van der Waals surface area (Å²) in [4.78, 5) is 22.3. The van der Waals surface area contributed by atoms with Crippen LogP contribution in [0.25, 0.3) is 0 Å². The molecule has 5 heteroatoms. The number of imide groups is 1. The summed E-state index contributed by atoms with van der Waals surface area (Å²) in [6, 6.07) is 6.41. The molecule has 0 fully saturated rings. The van der Waals surface area contributed by atoms with Gasteiger partial charge < -0.3 is 10.4 Å². The minimum absolute atomic E-state index is 0.568. The van der Waals surface area contributed by atoms with E-state index in [1.54, 1.807) is 12.1 Å². The quantitative estimate of drug-likeness (QED) is 0.742. The summed E-state index contributed by atoms with van der Waals surface area (Å²) in [7, 11) is 1.19. The lowest BCUT2D eigenvalue weighted by Gasteiger charge is -2.12. The van der Waals surface area contributed by atoms with Crippen LogP contribution in [0.1, 0.15) is 5.56 Å². The summed E-state index contributed by atoms with van der Waals surface area (Å²) in [5, 5.41) is 11.0. The second-order valence-corrected chi connectivity index (χ2v) is 3.14. The number of carboxylic acid groups (broad SMARTS) is 1. The van der Waals surface area contributed by atoms with Crippen molar-refractivity contribution in [2.75, 3.05) is 12.4 Å². The largest absolute Gasteiger partial charge is 0.465 e. The van der Waals surface area contributed by atoms with Gasteiger partial charge in [0.15, 0.2) is 0 Å². The van der Waals surface area contributed by atoms with E-state index < -0.39 is 12.1 Å². The number of carbonyl (C=O) groups excluding carboxylic acids is 1. The predicted octanol–water partition coefficient (Wildman–Crippen LogP) is 2.14. The summed E-state index contributed by atoms with van der Waals surface area (Å²) in [5.41, 5.74) is 1.64. The maximum atomic E-state index is 11.3. The molecule has 0 heterocycles. The minimum atomic E-state index is -1.29. The van der Waals surface area contributed by atoms with Gasteiger partial charge in [-0.3, -0.25) is 0 Å². The molecule has 2 N–H and O–H groups in total. The van der Waals surface area contributed by atoms with Gasteiger partial charge in [0, 0.05) is 12.7 Å². The number of nitrogens with one attached hydrogen (secondary N) is 1. The molecular formula is C10H12N2O3. The van der Waals surface area contributed by atoms with E-state index in [9.17, 15) is 9.59 Å². The Bertz CT molecular complexity index is 373. The molecule has 3 amide bonds. The third-order valence-electron chi connectivity index (χ3n) is 1.89. The second-order valence-electron chi connectivity index (χ2n) is 3.14. The first kappa shape index (κ1) is 11.0. The number of carbonyl (C=O) groups is 2. The van der Waals surface area contributed by atoms with Gasteiger partial charge >= 0.3 is 12.1 Å². The van der Waals surface area contributed by atoms with E-state index in [1.165, 1.54) is 7.05 Å². The van der Waals surface area contributed by atoms with Crippen LogP contribution in [0.15, 0.2) is 24.3 Å². The number of urea groups is 1. The number of hydrogen-bond donors (Lipinski definition) is 2. The second kappa shape index (κ2) is 4.45. The van der Waals surface area contributed by atoms with Crippen molar-refractivity contribution in [2.45, 2.75) is 6.92 Å². The van der Waals surface area contributed by atoms with Gasteiger partial charge in [-0.05, 0) is 19.1 Å². The van der Waals surface area contributed by atoms with Crippen molar-refractivity contribution in [1.82, 2.24) is 4.90 Å². The number of hydrogen-bond acceptors (Lipinski definition) is 2. The van der Waals surface area contributed by atoms with Gasteiger partial charge in [0.05, 0.1) is 0 Å². The molecule has 0 saturated carbocycles. The monoisotopic (exact) mass is 208 g/mol. The zero-order valence-corrected chi connectivity index (χ0v) is 8.52. The third kappa shape index (κ3) is 2.98. The minimum Gasteiger partial charge on any atom is -0.465 e. The van der Waals surface area contributed by atoms with E-state index in [-0.39, 0.29) is 0 Å². The van der Waals surface area contributed by atoms with Crippen molar-refractivity contribution >= 4 is 17.8 Å². The lowest BCUT2D eigenvalue weighted by atomic mass is 10.2. The lowest BCUT2D eigenvalue weighted by molar-refractivity contribution is 0.161. The Balaban J connectivity index is 2.66. The highest BCUT2D eigenvalue weighted by atomic mass is 16.4.